The first kappa shape index (κ1) is 21.3. The molecule has 1 atom stereocenters. The van der Waals surface area contributed by atoms with Gasteiger partial charge in [-0.2, -0.15) is 0 Å². The molecule has 2 heterocycles. The van der Waals surface area contributed by atoms with E-state index in [-0.39, 0.29) is 16.9 Å². The number of rotatable bonds is 3. The van der Waals surface area contributed by atoms with Crippen LogP contribution in [0.1, 0.15) is 70.5 Å². The number of piperidine rings is 1. The zero-order valence-corrected chi connectivity index (χ0v) is 18.9. The first-order valence-corrected chi connectivity index (χ1v) is 11.1. The first-order valence-electron chi connectivity index (χ1n) is 10.2. The van der Waals surface area contributed by atoms with Crippen molar-refractivity contribution in [2.24, 2.45) is 0 Å². The first-order chi connectivity index (χ1) is 12.9. The van der Waals surface area contributed by atoms with Crippen molar-refractivity contribution in [2.75, 3.05) is 13.1 Å². The van der Waals surface area contributed by atoms with Gasteiger partial charge in [0.2, 0.25) is 0 Å². The molecule has 2 N–H and O–H groups in total. The zero-order valence-electron chi connectivity index (χ0n) is 18.0. The smallest absolute Gasteiger partial charge is 0.123 e. The van der Waals surface area contributed by atoms with Crippen LogP contribution in [0.15, 0.2) is 17.5 Å². The van der Waals surface area contributed by atoms with E-state index in [9.17, 15) is 10.2 Å². The number of hydrogen-bond donors (Lipinski definition) is 2. The lowest BCUT2D eigenvalue weighted by Gasteiger charge is -2.29. The molecule has 5 heteroatoms. The van der Waals surface area contributed by atoms with Crippen LogP contribution in [-0.4, -0.2) is 39.3 Å². The number of aromatic hydroxyl groups is 1. The highest BCUT2D eigenvalue weighted by atomic mass is 32.1. The minimum Gasteiger partial charge on any atom is -0.507 e. The molecule has 0 spiro atoms. The predicted molar refractivity (Wildman–Crippen MR) is 117 cm³/mol. The number of β-amino-alcohol motifs (C(OH)–C–C–N with tert-alkyl or cyclic N) is 1. The molecular weight excluding hydrogens is 368 g/mol. The fraction of sp³-hybridized carbons (Fsp3) is 0.609. The van der Waals surface area contributed by atoms with Crippen LogP contribution in [0.5, 0.6) is 5.75 Å². The van der Waals surface area contributed by atoms with Crippen molar-refractivity contribution in [2.45, 2.75) is 77.9 Å². The Bertz CT molecular complexity index is 795. The van der Waals surface area contributed by atoms with Crippen molar-refractivity contribution in [1.29, 1.82) is 0 Å². The summed E-state index contributed by atoms with van der Waals surface area (Å²) < 4.78 is 0. The summed E-state index contributed by atoms with van der Waals surface area (Å²) in [6.45, 7) is 15.3. The maximum atomic E-state index is 10.9. The van der Waals surface area contributed by atoms with E-state index in [0.29, 0.717) is 5.75 Å². The SMILES string of the molecule is CC(C)(C)c1cc(-c2csc(CN3CCCC(O)C3)n2)cc(C(C)(C)C)c1O. The summed E-state index contributed by atoms with van der Waals surface area (Å²) in [5, 5.41) is 24.0. The molecule has 1 aromatic carbocycles. The van der Waals surface area contributed by atoms with E-state index in [1.807, 2.05) is 0 Å². The fourth-order valence-corrected chi connectivity index (χ4v) is 4.65. The van der Waals surface area contributed by atoms with Gasteiger partial charge in [0.1, 0.15) is 10.8 Å². The second-order valence-electron chi connectivity index (χ2n) is 10.1. The number of aromatic nitrogens is 1. The van der Waals surface area contributed by atoms with Gasteiger partial charge in [-0.25, -0.2) is 4.98 Å². The molecule has 1 aliphatic rings. The number of benzene rings is 1. The van der Waals surface area contributed by atoms with Crippen LogP contribution >= 0.6 is 11.3 Å². The Hall–Kier alpha value is -1.43. The molecule has 0 saturated carbocycles. The molecule has 1 saturated heterocycles. The van der Waals surface area contributed by atoms with E-state index in [0.717, 1.165) is 59.9 Å². The highest BCUT2D eigenvalue weighted by Crippen LogP contribution is 2.42. The largest absolute Gasteiger partial charge is 0.507 e. The molecule has 28 heavy (non-hydrogen) atoms. The van der Waals surface area contributed by atoms with E-state index >= 15 is 0 Å². The van der Waals surface area contributed by atoms with Crippen LogP contribution in [0.4, 0.5) is 0 Å². The Morgan fingerprint density at radius 2 is 1.71 bits per heavy atom. The minimum atomic E-state index is -0.214. The Labute approximate surface area is 173 Å². The van der Waals surface area contributed by atoms with Gasteiger partial charge in [0.05, 0.1) is 18.3 Å². The number of aliphatic hydroxyl groups is 1. The van der Waals surface area contributed by atoms with E-state index < -0.39 is 0 Å². The Balaban J connectivity index is 1.94. The second kappa shape index (κ2) is 7.77. The fourth-order valence-electron chi connectivity index (χ4n) is 3.81. The summed E-state index contributed by atoms with van der Waals surface area (Å²) in [5.74, 6) is 0.404. The van der Waals surface area contributed by atoms with Gasteiger partial charge in [-0.15, -0.1) is 11.3 Å². The monoisotopic (exact) mass is 402 g/mol. The summed E-state index contributed by atoms with van der Waals surface area (Å²) >= 11 is 1.67. The molecule has 0 amide bonds. The van der Waals surface area contributed by atoms with Gasteiger partial charge in [0.15, 0.2) is 0 Å². The average Bonchev–Trinajstić information content (AvgIpc) is 3.01. The number of nitrogens with zero attached hydrogens (tertiary/aromatic N) is 2. The number of aliphatic hydroxyl groups excluding tert-OH is 1. The topological polar surface area (TPSA) is 56.6 Å². The molecule has 0 aliphatic carbocycles. The number of phenols is 1. The Morgan fingerprint density at radius 1 is 1.11 bits per heavy atom. The summed E-state index contributed by atoms with van der Waals surface area (Å²) in [6.07, 6.45) is 1.73. The highest BCUT2D eigenvalue weighted by Gasteiger charge is 2.27. The average molecular weight is 403 g/mol. The van der Waals surface area contributed by atoms with Gasteiger partial charge in [0, 0.05) is 28.6 Å². The Morgan fingerprint density at radius 3 is 2.25 bits per heavy atom. The van der Waals surface area contributed by atoms with Gasteiger partial charge in [-0.1, -0.05) is 41.5 Å². The van der Waals surface area contributed by atoms with Gasteiger partial charge in [-0.05, 0) is 42.3 Å². The molecule has 1 aromatic heterocycles. The molecule has 1 fully saturated rings. The predicted octanol–water partition coefficient (Wildman–Crippen LogP) is 5.07. The molecule has 3 rings (SSSR count). The number of likely N-dealkylation sites (tertiary alicyclic amines) is 1. The van der Waals surface area contributed by atoms with Crippen molar-refractivity contribution in [3.63, 3.8) is 0 Å². The molecule has 0 radical (unpaired) electrons. The van der Waals surface area contributed by atoms with Crippen molar-refractivity contribution in [3.8, 4) is 17.0 Å². The van der Waals surface area contributed by atoms with E-state index in [2.05, 4.69) is 64.0 Å². The summed E-state index contributed by atoms with van der Waals surface area (Å²) in [6, 6.07) is 4.18. The summed E-state index contributed by atoms with van der Waals surface area (Å²) in [5.41, 5.74) is 3.65. The zero-order chi connectivity index (χ0) is 20.7. The highest BCUT2D eigenvalue weighted by molar-refractivity contribution is 7.09. The van der Waals surface area contributed by atoms with Gasteiger partial charge in [0.25, 0.3) is 0 Å². The molecular formula is C23H34N2O2S. The normalized spacial score (nSPS) is 19.2. The van der Waals surface area contributed by atoms with Crippen molar-refractivity contribution in [3.05, 3.63) is 33.6 Å². The standard InChI is InChI=1S/C23H34N2O2S/c1-22(2,3)17-10-15(11-18(21(17)27)23(4,5)6)19-14-28-20(24-19)13-25-9-7-8-16(26)12-25/h10-11,14,16,26-27H,7-9,12-13H2,1-6H3. The third-order valence-electron chi connectivity index (χ3n) is 5.41. The van der Waals surface area contributed by atoms with Crippen molar-refractivity contribution < 1.29 is 10.2 Å². The molecule has 154 valence electrons. The maximum Gasteiger partial charge on any atom is 0.123 e. The van der Waals surface area contributed by atoms with Crippen LogP contribution in [0.25, 0.3) is 11.3 Å². The molecule has 0 bridgehead atoms. The maximum absolute atomic E-state index is 10.9. The van der Waals surface area contributed by atoms with Gasteiger partial charge >= 0.3 is 0 Å². The third kappa shape index (κ3) is 4.76. The van der Waals surface area contributed by atoms with Crippen LogP contribution in [0, 0.1) is 0 Å². The van der Waals surface area contributed by atoms with Crippen LogP contribution in [0.3, 0.4) is 0 Å². The van der Waals surface area contributed by atoms with Crippen LogP contribution in [-0.2, 0) is 17.4 Å². The lowest BCUT2D eigenvalue weighted by Crippen LogP contribution is -2.37. The Kier molecular flexibility index (Phi) is 5.91. The quantitative estimate of drug-likeness (QED) is 0.753. The summed E-state index contributed by atoms with van der Waals surface area (Å²) in [4.78, 5) is 7.18. The molecule has 1 unspecified atom stereocenters. The molecule has 2 aromatic rings. The summed E-state index contributed by atoms with van der Waals surface area (Å²) in [7, 11) is 0. The molecule has 1 aliphatic heterocycles. The van der Waals surface area contributed by atoms with E-state index in [1.165, 1.54) is 0 Å². The number of hydrogen-bond acceptors (Lipinski definition) is 5. The van der Waals surface area contributed by atoms with Gasteiger partial charge in [-0.3, -0.25) is 4.90 Å². The lowest BCUT2D eigenvalue weighted by atomic mass is 9.78. The van der Waals surface area contributed by atoms with Crippen molar-refractivity contribution in [1.82, 2.24) is 9.88 Å². The minimum absolute atomic E-state index is 0.150. The van der Waals surface area contributed by atoms with E-state index in [1.54, 1.807) is 11.3 Å². The van der Waals surface area contributed by atoms with Crippen molar-refractivity contribution >= 4 is 11.3 Å². The third-order valence-corrected chi connectivity index (χ3v) is 6.25. The second-order valence-corrected chi connectivity index (χ2v) is 11.0. The van der Waals surface area contributed by atoms with Gasteiger partial charge < -0.3 is 10.2 Å². The molecule has 4 nitrogen and oxygen atoms in total. The van der Waals surface area contributed by atoms with E-state index in [4.69, 9.17) is 4.98 Å². The number of phenolic OH excluding ortho intramolecular Hbond substituents is 1. The van der Waals surface area contributed by atoms with Crippen LogP contribution < -0.4 is 0 Å². The number of thiazole rings is 1. The lowest BCUT2D eigenvalue weighted by molar-refractivity contribution is 0.0668. The van der Waals surface area contributed by atoms with Crippen LogP contribution in [0.2, 0.25) is 0 Å².